The van der Waals surface area contributed by atoms with E-state index < -0.39 is 0 Å². The second-order valence-corrected chi connectivity index (χ2v) is 4.32. The SMILES string of the molecule is Cc1nn(C)cc1Nc1ccc2ccccc2n1. The molecule has 0 spiro atoms. The van der Waals surface area contributed by atoms with E-state index in [0.717, 1.165) is 28.1 Å². The number of hydrogen-bond donors (Lipinski definition) is 1. The van der Waals surface area contributed by atoms with Crippen molar-refractivity contribution in [3.8, 4) is 0 Å². The molecule has 90 valence electrons. The Labute approximate surface area is 105 Å². The van der Waals surface area contributed by atoms with Crippen LogP contribution < -0.4 is 5.32 Å². The zero-order valence-electron chi connectivity index (χ0n) is 10.4. The molecule has 18 heavy (non-hydrogen) atoms. The number of fused-ring (bicyclic) bond motifs is 1. The lowest BCUT2D eigenvalue weighted by Gasteiger charge is -2.05. The fraction of sp³-hybridized carbons (Fsp3) is 0.143. The molecule has 1 aromatic carbocycles. The van der Waals surface area contributed by atoms with Crippen molar-refractivity contribution in [3.05, 3.63) is 48.3 Å². The maximum atomic E-state index is 4.57. The van der Waals surface area contributed by atoms with E-state index in [1.54, 1.807) is 4.68 Å². The van der Waals surface area contributed by atoms with E-state index in [9.17, 15) is 0 Å². The fourth-order valence-corrected chi connectivity index (χ4v) is 2.00. The van der Waals surface area contributed by atoms with Crippen LogP contribution in [0.15, 0.2) is 42.6 Å². The number of nitrogens with zero attached hydrogens (tertiary/aromatic N) is 3. The summed E-state index contributed by atoms with van der Waals surface area (Å²) < 4.78 is 1.79. The van der Waals surface area contributed by atoms with Gasteiger partial charge >= 0.3 is 0 Å². The van der Waals surface area contributed by atoms with Crippen LogP contribution in [0.4, 0.5) is 11.5 Å². The first-order valence-electron chi connectivity index (χ1n) is 5.85. The van der Waals surface area contributed by atoms with Gasteiger partial charge < -0.3 is 5.32 Å². The second-order valence-electron chi connectivity index (χ2n) is 4.32. The molecular weight excluding hydrogens is 224 g/mol. The maximum Gasteiger partial charge on any atom is 0.131 e. The van der Waals surface area contributed by atoms with E-state index in [2.05, 4.69) is 27.5 Å². The monoisotopic (exact) mass is 238 g/mol. The lowest BCUT2D eigenvalue weighted by Crippen LogP contribution is -1.94. The Kier molecular flexibility index (Phi) is 2.48. The van der Waals surface area contributed by atoms with Crippen LogP contribution >= 0.6 is 0 Å². The second kappa shape index (κ2) is 4.14. The number of para-hydroxylation sites is 1. The highest BCUT2D eigenvalue weighted by Crippen LogP contribution is 2.20. The first-order valence-corrected chi connectivity index (χ1v) is 5.85. The van der Waals surface area contributed by atoms with Crippen molar-refractivity contribution in [2.24, 2.45) is 7.05 Å². The molecule has 0 bridgehead atoms. The van der Waals surface area contributed by atoms with Gasteiger partial charge in [-0.1, -0.05) is 18.2 Å². The summed E-state index contributed by atoms with van der Waals surface area (Å²) in [6, 6.07) is 12.1. The number of anilines is 2. The topological polar surface area (TPSA) is 42.7 Å². The lowest BCUT2D eigenvalue weighted by molar-refractivity contribution is 0.756. The zero-order valence-corrected chi connectivity index (χ0v) is 10.4. The van der Waals surface area contributed by atoms with Crippen LogP contribution in [0, 0.1) is 6.92 Å². The van der Waals surface area contributed by atoms with Gasteiger partial charge in [0.15, 0.2) is 0 Å². The first kappa shape index (κ1) is 10.8. The van der Waals surface area contributed by atoms with Crippen LogP contribution in [0.5, 0.6) is 0 Å². The maximum absolute atomic E-state index is 4.57. The third kappa shape index (κ3) is 1.93. The molecule has 3 aromatic rings. The van der Waals surface area contributed by atoms with Crippen LogP contribution in [0.1, 0.15) is 5.69 Å². The Bertz CT molecular complexity index is 700. The van der Waals surface area contributed by atoms with Crippen molar-refractivity contribution in [2.75, 3.05) is 5.32 Å². The third-order valence-corrected chi connectivity index (χ3v) is 2.87. The molecule has 0 radical (unpaired) electrons. The smallest absolute Gasteiger partial charge is 0.131 e. The normalized spacial score (nSPS) is 10.8. The predicted molar refractivity (Wildman–Crippen MR) is 73.0 cm³/mol. The summed E-state index contributed by atoms with van der Waals surface area (Å²) in [7, 11) is 1.91. The van der Waals surface area contributed by atoms with Gasteiger partial charge in [-0.2, -0.15) is 5.10 Å². The molecule has 0 atom stereocenters. The summed E-state index contributed by atoms with van der Waals surface area (Å²) in [5.41, 5.74) is 2.94. The Morgan fingerprint density at radius 3 is 2.72 bits per heavy atom. The molecule has 0 aliphatic carbocycles. The number of nitrogens with one attached hydrogen (secondary N) is 1. The van der Waals surface area contributed by atoms with E-state index in [-0.39, 0.29) is 0 Å². The third-order valence-electron chi connectivity index (χ3n) is 2.87. The number of pyridine rings is 1. The molecule has 0 saturated carbocycles. The average molecular weight is 238 g/mol. The first-order chi connectivity index (χ1) is 8.72. The molecule has 0 aliphatic rings. The minimum Gasteiger partial charge on any atom is -0.337 e. The molecule has 0 fully saturated rings. The summed E-state index contributed by atoms with van der Waals surface area (Å²) in [5, 5.41) is 8.73. The van der Waals surface area contributed by atoms with Crippen LogP contribution in [0.25, 0.3) is 10.9 Å². The Morgan fingerprint density at radius 1 is 1.11 bits per heavy atom. The largest absolute Gasteiger partial charge is 0.337 e. The van der Waals surface area contributed by atoms with Gasteiger partial charge in [-0.15, -0.1) is 0 Å². The van der Waals surface area contributed by atoms with Crippen LogP contribution in [0.3, 0.4) is 0 Å². The summed E-state index contributed by atoms with van der Waals surface area (Å²) in [6.07, 6.45) is 1.95. The van der Waals surface area contributed by atoms with E-state index in [0.29, 0.717) is 0 Å². The molecule has 0 aliphatic heterocycles. The zero-order chi connectivity index (χ0) is 12.5. The summed E-state index contributed by atoms with van der Waals surface area (Å²) in [6.45, 7) is 1.98. The molecule has 0 amide bonds. The molecular formula is C14H14N4. The Balaban J connectivity index is 1.97. The predicted octanol–water partition coefficient (Wildman–Crippen LogP) is 3.02. The average Bonchev–Trinajstić information content (AvgIpc) is 2.68. The van der Waals surface area contributed by atoms with Gasteiger partial charge in [-0.25, -0.2) is 4.98 Å². The molecule has 0 unspecified atom stereocenters. The van der Waals surface area contributed by atoms with Gasteiger partial charge in [-0.3, -0.25) is 4.68 Å². The minimum atomic E-state index is 0.838. The van der Waals surface area contributed by atoms with Crippen molar-refractivity contribution < 1.29 is 0 Å². The van der Waals surface area contributed by atoms with Crippen molar-refractivity contribution in [1.29, 1.82) is 0 Å². The molecule has 4 nitrogen and oxygen atoms in total. The van der Waals surface area contributed by atoms with E-state index in [4.69, 9.17) is 0 Å². The number of benzene rings is 1. The quantitative estimate of drug-likeness (QED) is 0.746. The number of aryl methyl sites for hydroxylation is 2. The molecule has 0 saturated heterocycles. The van der Waals surface area contributed by atoms with Gasteiger partial charge in [-0.05, 0) is 25.1 Å². The number of rotatable bonds is 2. The van der Waals surface area contributed by atoms with Gasteiger partial charge in [0.1, 0.15) is 5.82 Å². The molecule has 4 heteroatoms. The van der Waals surface area contributed by atoms with E-state index in [1.165, 1.54) is 0 Å². The summed E-state index contributed by atoms with van der Waals surface area (Å²) in [4.78, 5) is 4.57. The molecule has 2 heterocycles. The Morgan fingerprint density at radius 2 is 1.94 bits per heavy atom. The fourth-order valence-electron chi connectivity index (χ4n) is 2.00. The highest BCUT2D eigenvalue weighted by molar-refractivity contribution is 5.80. The minimum absolute atomic E-state index is 0.838. The van der Waals surface area contributed by atoms with Gasteiger partial charge in [0, 0.05) is 18.6 Å². The van der Waals surface area contributed by atoms with Crippen molar-refractivity contribution in [2.45, 2.75) is 6.92 Å². The summed E-state index contributed by atoms with van der Waals surface area (Å²) in [5.74, 6) is 0.838. The van der Waals surface area contributed by atoms with E-state index >= 15 is 0 Å². The van der Waals surface area contributed by atoms with E-state index in [1.807, 2.05) is 44.4 Å². The lowest BCUT2D eigenvalue weighted by atomic mass is 10.2. The van der Waals surface area contributed by atoms with Gasteiger partial charge in [0.2, 0.25) is 0 Å². The van der Waals surface area contributed by atoms with Crippen LogP contribution in [-0.4, -0.2) is 14.8 Å². The Hall–Kier alpha value is -2.36. The van der Waals surface area contributed by atoms with Crippen LogP contribution in [0.2, 0.25) is 0 Å². The standard InChI is InChI=1S/C14H14N4/c1-10-13(9-18(2)17-10)16-14-8-7-11-5-3-4-6-12(11)15-14/h3-9H,1-2H3,(H,15,16). The van der Waals surface area contributed by atoms with Crippen molar-refractivity contribution in [3.63, 3.8) is 0 Å². The van der Waals surface area contributed by atoms with Gasteiger partial charge in [0.25, 0.3) is 0 Å². The van der Waals surface area contributed by atoms with Crippen molar-refractivity contribution in [1.82, 2.24) is 14.8 Å². The van der Waals surface area contributed by atoms with Crippen molar-refractivity contribution >= 4 is 22.4 Å². The van der Waals surface area contributed by atoms with Crippen LogP contribution in [-0.2, 0) is 7.05 Å². The molecule has 2 aromatic heterocycles. The molecule has 1 N–H and O–H groups in total. The van der Waals surface area contributed by atoms with Gasteiger partial charge in [0.05, 0.1) is 16.9 Å². The number of aromatic nitrogens is 3. The highest BCUT2D eigenvalue weighted by Gasteiger charge is 2.04. The molecule has 3 rings (SSSR count). The number of hydrogen-bond acceptors (Lipinski definition) is 3. The highest BCUT2D eigenvalue weighted by atomic mass is 15.3. The summed E-state index contributed by atoms with van der Waals surface area (Å²) >= 11 is 0.